The van der Waals surface area contributed by atoms with Gasteiger partial charge in [-0.05, 0) is 0 Å². The Bertz CT molecular complexity index is 451. The van der Waals surface area contributed by atoms with Gasteiger partial charge in [-0.3, -0.25) is 0 Å². The summed E-state index contributed by atoms with van der Waals surface area (Å²) in [5, 5.41) is 8.73. The van der Waals surface area contributed by atoms with E-state index in [0.717, 1.165) is 4.46 Å². The molecule has 0 aliphatic heterocycles. The number of Topliss-reactive ketones (excluding diaryl/α,β-unsaturated/α-hetero) is 1. The molecule has 0 heterocycles. The third-order valence-electron chi connectivity index (χ3n) is 2.01. The maximum atomic E-state index is 11.3. The van der Waals surface area contributed by atoms with Gasteiger partial charge in [0.15, 0.2) is 0 Å². The van der Waals surface area contributed by atoms with E-state index in [1.54, 1.807) is 12.1 Å². The zero-order valence-corrected chi connectivity index (χ0v) is 10.9. The Morgan fingerprint density at radius 2 is 2.06 bits per heavy atom. The molecule has 0 saturated heterocycles. The Kier molecular flexibility index (Phi) is 4.36. The van der Waals surface area contributed by atoms with Gasteiger partial charge < -0.3 is 0 Å². The second kappa shape index (κ2) is 5.55. The molecule has 0 unspecified atom stereocenters. The second-order valence-electron chi connectivity index (χ2n) is 2.96. The van der Waals surface area contributed by atoms with Crippen LogP contribution in [0.4, 0.5) is 0 Å². The van der Waals surface area contributed by atoms with Crippen molar-refractivity contribution >= 4 is 25.2 Å². The summed E-state index contributed by atoms with van der Waals surface area (Å²) < 4.78 is 11.0. The summed E-state index contributed by atoms with van der Waals surface area (Å²) in [6.45, 7) is 1.48. The average Bonchev–Trinajstić information content (AvgIpc) is 2.28. The second-order valence-corrected chi connectivity index (χ2v) is 4.69. The molecule has 16 heavy (non-hydrogen) atoms. The van der Waals surface area contributed by atoms with Crippen LogP contribution < -0.4 is 13.9 Å². The molecule has 0 radical (unpaired) electrons. The molecule has 0 atom stereocenters. The van der Waals surface area contributed by atoms with Gasteiger partial charge in [-0.15, -0.1) is 0 Å². The SMILES string of the molecule is COc1cc(C(C)=O)cc([Se]C#N)c1OC. The summed E-state index contributed by atoms with van der Waals surface area (Å²) in [6, 6.07) is 3.31. The van der Waals surface area contributed by atoms with E-state index in [2.05, 4.69) is 4.97 Å². The first-order valence-corrected chi connectivity index (χ1v) is 6.18. The Morgan fingerprint density at radius 1 is 1.38 bits per heavy atom. The molecule has 0 amide bonds. The predicted octanol–water partition coefficient (Wildman–Crippen LogP) is 0.717. The molecular weight excluding hydrogens is 273 g/mol. The van der Waals surface area contributed by atoms with Gasteiger partial charge in [0.25, 0.3) is 0 Å². The van der Waals surface area contributed by atoms with Gasteiger partial charge in [0.2, 0.25) is 0 Å². The van der Waals surface area contributed by atoms with Crippen LogP contribution in [-0.2, 0) is 0 Å². The van der Waals surface area contributed by atoms with E-state index in [0.29, 0.717) is 17.1 Å². The number of hydrogen-bond acceptors (Lipinski definition) is 4. The van der Waals surface area contributed by atoms with E-state index in [4.69, 9.17) is 14.7 Å². The Balaban J connectivity index is 3.38. The minimum atomic E-state index is -0.385. The number of benzene rings is 1. The monoisotopic (exact) mass is 285 g/mol. The normalized spacial score (nSPS) is 9.38. The van der Waals surface area contributed by atoms with Crippen molar-refractivity contribution in [3.8, 4) is 16.5 Å². The van der Waals surface area contributed by atoms with Gasteiger partial charge >= 0.3 is 100 Å². The molecule has 1 aromatic carbocycles. The Labute approximate surface area is 100 Å². The van der Waals surface area contributed by atoms with Gasteiger partial charge in [-0.1, -0.05) is 0 Å². The molecule has 1 aromatic rings. The number of hydrogen-bond donors (Lipinski definition) is 0. The van der Waals surface area contributed by atoms with Crippen LogP contribution in [0.2, 0.25) is 0 Å². The summed E-state index contributed by atoms with van der Waals surface area (Å²) >= 11 is -0.385. The van der Waals surface area contributed by atoms with Crippen molar-refractivity contribution in [2.75, 3.05) is 14.2 Å². The molecule has 1 rings (SSSR count). The number of rotatable bonds is 4. The quantitative estimate of drug-likeness (QED) is 0.604. The molecule has 84 valence electrons. The zero-order valence-electron chi connectivity index (χ0n) is 9.23. The number of ketones is 1. The van der Waals surface area contributed by atoms with E-state index < -0.39 is 0 Å². The first-order valence-electron chi connectivity index (χ1n) is 4.47. The van der Waals surface area contributed by atoms with E-state index in [1.807, 2.05) is 0 Å². The fourth-order valence-corrected chi connectivity index (χ4v) is 2.43. The molecule has 5 heteroatoms. The third-order valence-corrected chi connectivity index (χ3v) is 3.30. The van der Waals surface area contributed by atoms with E-state index in [-0.39, 0.29) is 20.7 Å². The van der Waals surface area contributed by atoms with Crippen LogP contribution in [0, 0.1) is 10.2 Å². The molecule has 0 saturated carbocycles. The number of nitrogens with zero attached hydrogens (tertiary/aromatic N) is 1. The topological polar surface area (TPSA) is 59.3 Å². The van der Waals surface area contributed by atoms with Gasteiger partial charge in [0.1, 0.15) is 0 Å². The maximum absolute atomic E-state index is 11.3. The van der Waals surface area contributed by atoms with Gasteiger partial charge in [0.05, 0.1) is 0 Å². The van der Waals surface area contributed by atoms with Crippen LogP contribution in [0.25, 0.3) is 0 Å². The van der Waals surface area contributed by atoms with Gasteiger partial charge in [-0.2, -0.15) is 0 Å². The molecule has 4 nitrogen and oxygen atoms in total. The molecule has 0 N–H and O–H groups in total. The number of carbonyl (C=O) groups is 1. The van der Waals surface area contributed by atoms with Gasteiger partial charge in [-0.25, -0.2) is 0 Å². The summed E-state index contributed by atoms with van der Waals surface area (Å²) in [5.41, 5.74) is 0.532. The molecular formula is C11H11NO3Se. The van der Waals surface area contributed by atoms with Crippen LogP contribution in [0.3, 0.4) is 0 Å². The molecule has 0 fully saturated rings. The van der Waals surface area contributed by atoms with Crippen molar-refractivity contribution < 1.29 is 14.3 Å². The standard InChI is InChI=1S/C11H11NO3Se/c1-7(13)8-4-9(14-2)11(15-3)10(5-8)16-6-12/h4-5H,1-3H3. The number of carbonyl (C=O) groups excluding carboxylic acids is 1. The third kappa shape index (κ3) is 2.54. The predicted molar refractivity (Wildman–Crippen MR) is 60.6 cm³/mol. The van der Waals surface area contributed by atoms with E-state index in [9.17, 15) is 4.79 Å². The zero-order chi connectivity index (χ0) is 12.1. The minimum absolute atomic E-state index is 0.0593. The molecule has 0 bridgehead atoms. The molecule has 0 aliphatic rings. The molecule has 0 aromatic heterocycles. The van der Waals surface area contributed by atoms with Crippen molar-refractivity contribution in [1.29, 1.82) is 5.26 Å². The number of methoxy groups -OCH3 is 2. The summed E-state index contributed by atoms with van der Waals surface area (Å²) in [6.07, 6.45) is 0. The first kappa shape index (κ1) is 12.6. The first-order chi connectivity index (χ1) is 7.63. The summed E-state index contributed by atoms with van der Waals surface area (Å²) in [4.78, 5) is 13.4. The van der Waals surface area contributed by atoms with Crippen LogP contribution in [0.15, 0.2) is 12.1 Å². The summed E-state index contributed by atoms with van der Waals surface area (Å²) in [7, 11) is 3.02. The molecule has 0 aliphatic carbocycles. The Morgan fingerprint density at radius 3 is 2.50 bits per heavy atom. The molecule has 0 spiro atoms. The van der Waals surface area contributed by atoms with E-state index >= 15 is 0 Å². The summed E-state index contributed by atoms with van der Waals surface area (Å²) in [5.74, 6) is 0.965. The van der Waals surface area contributed by atoms with Crippen molar-refractivity contribution in [1.82, 2.24) is 0 Å². The van der Waals surface area contributed by atoms with Crippen molar-refractivity contribution in [3.05, 3.63) is 17.7 Å². The fraction of sp³-hybridized carbons (Fsp3) is 0.273. The van der Waals surface area contributed by atoms with E-state index in [1.165, 1.54) is 21.1 Å². The van der Waals surface area contributed by atoms with Crippen molar-refractivity contribution in [2.45, 2.75) is 6.92 Å². The van der Waals surface area contributed by atoms with Crippen LogP contribution in [-0.4, -0.2) is 35.0 Å². The number of nitriles is 1. The van der Waals surface area contributed by atoms with Crippen LogP contribution in [0.1, 0.15) is 17.3 Å². The Hall–Kier alpha value is -1.50. The van der Waals surface area contributed by atoms with Gasteiger partial charge in [0, 0.05) is 0 Å². The van der Waals surface area contributed by atoms with Crippen LogP contribution >= 0.6 is 0 Å². The van der Waals surface area contributed by atoms with Crippen LogP contribution in [0.5, 0.6) is 11.5 Å². The fourth-order valence-electron chi connectivity index (χ4n) is 1.26. The van der Waals surface area contributed by atoms with Crippen molar-refractivity contribution in [2.24, 2.45) is 0 Å². The average molecular weight is 284 g/mol. The number of ether oxygens (including phenoxy) is 2. The van der Waals surface area contributed by atoms with Crippen molar-refractivity contribution in [3.63, 3.8) is 0 Å².